The van der Waals surface area contributed by atoms with Gasteiger partial charge in [-0.15, -0.1) is 12.4 Å². The van der Waals surface area contributed by atoms with E-state index in [-0.39, 0.29) is 19.0 Å². The molecular weight excluding hydrogens is 230 g/mol. The van der Waals surface area contributed by atoms with Crippen LogP contribution in [0.1, 0.15) is 18.5 Å². The van der Waals surface area contributed by atoms with Crippen LogP contribution in [0, 0.1) is 0 Å². The highest BCUT2D eigenvalue weighted by atomic mass is 35.5. The Morgan fingerprint density at radius 2 is 2.00 bits per heavy atom. The molecule has 0 saturated carbocycles. The Labute approximate surface area is 101 Å². The molecular formula is C11H16ClNO3. The van der Waals surface area contributed by atoms with Crippen molar-refractivity contribution in [2.24, 2.45) is 5.73 Å². The third-order valence-electron chi connectivity index (χ3n) is 2.05. The summed E-state index contributed by atoms with van der Waals surface area (Å²) in [6.45, 7) is 1.91. The van der Waals surface area contributed by atoms with E-state index < -0.39 is 18.1 Å². The van der Waals surface area contributed by atoms with Gasteiger partial charge in [-0.25, -0.2) is 4.79 Å². The number of carbonyl (C=O) groups excluding carboxylic acids is 1. The van der Waals surface area contributed by atoms with Gasteiger partial charge in [0, 0.05) is 0 Å². The molecule has 3 N–H and O–H groups in total. The van der Waals surface area contributed by atoms with Crippen molar-refractivity contribution < 1.29 is 14.6 Å². The monoisotopic (exact) mass is 245 g/mol. The van der Waals surface area contributed by atoms with Crippen LogP contribution in [0.5, 0.6) is 0 Å². The molecule has 0 aromatic heterocycles. The Kier molecular flexibility index (Phi) is 6.72. The van der Waals surface area contributed by atoms with Crippen LogP contribution in [-0.2, 0) is 9.53 Å². The average Bonchev–Trinajstić information content (AvgIpc) is 2.28. The highest BCUT2D eigenvalue weighted by molar-refractivity contribution is 5.85. The highest BCUT2D eigenvalue weighted by Crippen LogP contribution is 2.14. The van der Waals surface area contributed by atoms with Gasteiger partial charge in [-0.3, -0.25) is 0 Å². The van der Waals surface area contributed by atoms with Gasteiger partial charge in [0.15, 0.2) is 6.10 Å². The van der Waals surface area contributed by atoms with E-state index in [9.17, 15) is 9.90 Å². The molecule has 0 saturated heterocycles. The quantitative estimate of drug-likeness (QED) is 0.778. The number of rotatable bonds is 4. The van der Waals surface area contributed by atoms with E-state index >= 15 is 0 Å². The molecule has 0 heterocycles. The van der Waals surface area contributed by atoms with Gasteiger partial charge >= 0.3 is 5.97 Å². The number of esters is 1. The molecule has 0 fully saturated rings. The van der Waals surface area contributed by atoms with Gasteiger partial charge < -0.3 is 15.6 Å². The van der Waals surface area contributed by atoms with Crippen LogP contribution in [0.2, 0.25) is 0 Å². The van der Waals surface area contributed by atoms with Crippen molar-refractivity contribution in [2.45, 2.75) is 19.1 Å². The van der Waals surface area contributed by atoms with E-state index in [0.717, 1.165) is 0 Å². The lowest BCUT2D eigenvalue weighted by Crippen LogP contribution is -2.34. The van der Waals surface area contributed by atoms with Crippen LogP contribution in [0.25, 0.3) is 0 Å². The van der Waals surface area contributed by atoms with Crippen molar-refractivity contribution in [3.05, 3.63) is 35.9 Å². The molecule has 90 valence electrons. The molecule has 1 rings (SSSR count). The summed E-state index contributed by atoms with van der Waals surface area (Å²) >= 11 is 0. The molecule has 1 aromatic rings. The van der Waals surface area contributed by atoms with Crippen LogP contribution in [0.15, 0.2) is 30.3 Å². The second-order valence-electron chi connectivity index (χ2n) is 3.13. The summed E-state index contributed by atoms with van der Waals surface area (Å²) in [5, 5.41) is 9.57. The molecule has 0 amide bonds. The zero-order chi connectivity index (χ0) is 11.3. The summed E-state index contributed by atoms with van der Waals surface area (Å²) in [5.41, 5.74) is 6.43. The lowest BCUT2D eigenvalue weighted by molar-refractivity contribution is -0.154. The molecule has 1 aromatic carbocycles. The van der Waals surface area contributed by atoms with E-state index in [1.165, 1.54) is 0 Å². The standard InChI is InChI=1S/C11H15NO3.ClH/c1-2-15-11(14)10(13)9(12)8-6-4-3-5-7-8;/h3-7,9-10,13H,2,12H2,1H3;1H/t9-,10-;/m1./s1. The zero-order valence-electron chi connectivity index (χ0n) is 9.00. The average molecular weight is 246 g/mol. The topological polar surface area (TPSA) is 72.5 Å². The maximum absolute atomic E-state index is 11.2. The molecule has 0 spiro atoms. The minimum Gasteiger partial charge on any atom is -0.464 e. The number of aliphatic hydroxyl groups excluding tert-OH is 1. The lowest BCUT2D eigenvalue weighted by Gasteiger charge is -2.17. The van der Waals surface area contributed by atoms with Gasteiger partial charge in [0.1, 0.15) is 0 Å². The summed E-state index contributed by atoms with van der Waals surface area (Å²) in [6.07, 6.45) is -1.31. The number of benzene rings is 1. The Morgan fingerprint density at radius 3 is 2.50 bits per heavy atom. The molecule has 4 nitrogen and oxygen atoms in total. The Hall–Kier alpha value is -1.10. The minimum absolute atomic E-state index is 0. The van der Waals surface area contributed by atoms with Crippen molar-refractivity contribution in [3.63, 3.8) is 0 Å². The minimum atomic E-state index is -1.31. The molecule has 0 radical (unpaired) electrons. The van der Waals surface area contributed by atoms with Crippen LogP contribution in [0.4, 0.5) is 0 Å². The van der Waals surface area contributed by atoms with Gasteiger partial charge in [0.05, 0.1) is 12.6 Å². The number of ether oxygens (including phenoxy) is 1. The predicted octanol–water partition coefficient (Wildman–Crippen LogP) is 1.03. The summed E-state index contributed by atoms with van der Waals surface area (Å²) in [6, 6.07) is 8.21. The molecule has 0 aliphatic rings. The van der Waals surface area contributed by atoms with Crippen molar-refractivity contribution >= 4 is 18.4 Å². The fourth-order valence-electron chi connectivity index (χ4n) is 1.23. The van der Waals surface area contributed by atoms with Crippen LogP contribution < -0.4 is 5.73 Å². The van der Waals surface area contributed by atoms with Gasteiger partial charge in [0.25, 0.3) is 0 Å². The van der Waals surface area contributed by atoms with Crippen molar-refractivity contribution in [2.75, 3.05) is 6.61 Å². The van der Waals surface area contributed by atoms with E-state index in [0.29, 0.717) is 5.56 Å². The molecule has 0 bridgehead atoms. The van der Waals surface area contributed by atoms with E-state index in [1.807, 2.05) is 6.07 Å². The van der Waals surface area contributed by atoms with Gasteiger partial charge in [-0.1, -0.05) is 30.3 Å². The molecule has 2 atom stereocenters. The van der Waals surface area contributed by atoms with Gasteiger partial charge in [-0.05, 0) is 12.5 Å². The number of hydrogen-bond donors (Lipinski definition) is 2. The number of carbonyl (C=O) groups is 1. The molecule has 16 heavy (non-hydrogen) atoms. The first-order valence-corrected chi connectivity index (χ1v) is 4.82. The Morgan fingerprint density at radius 1 is 1.44 bits per heavy atom. The predicted molar refractivity (Wildman–Crippen MR) is 63.3 cm³/mol. The number of aliphatic hydroxyl groups is 1. The van der Waals surface area contributed by atoms with Crippen molar-refractivity contribution in [1.29, 1.82) is 0 Å². The molecule has 0 unspecified atom stereocenters. The van der Waals surface area contributed by atoms with E-state index in [1.54, 1.807) is 31.2 Å². The smallest absolute Gasteiger partial charge is 0.336 e. The second-order valence-corrected chi connectivity index (χ2v) is 3.13. The maximum atomic E-state index is 11.2. The van der Waals surface area contributed by atoms with Gasteiger partial charge in [0.2, 0.25) is 0 Å². The van der Waals surface area contributed by atoms with E-state index in [4.69, 9.17) is 5.73 Å². The fraction of sp³-hybridized carbons (Fsp3) is 0.364. The SMILES string of the molecule is CCOC(=O)[C@H](O)[C@H](N)c1ccccc1.Cl. The van der Waals surface area contributed by atoms with E-state index in [2.05, 4.69) is 4.74 Å². The molecule has 0 aliphatic carbocycles. The highest BCUT2D eigenvalue weighted by Gasteiger charge is 2.25. The number of halogens is 1. The molecule has 5 heteroatoms. The summed E-state index contributed by atoms with van der Waals surface area (Å²) in [5.74, 6) is -0.686. The third kappa shape index (κ3) is 3.81. The number of hydrogen-bond acceptors (Lipinski definition) is 4. The fourth-order valence-corrected chi connectivity index (χ4v) is 1.23. The van der Waals surface area contributed by atoms with Gasteiger partial charge in [-0.2, -0.15) is 0 Å². The van der Waals surface area contributed by atoms with Crippen molar-refractivity contribution in [3.8, 4) is 0 Å². The summed E-state index contributed by atoms with van der Waals surface area (Å²) in [7, 11) is 0. The lowest BCUT2D eigenvalue weighted by atomic mass is 10.0. The number of nitrogens with two attached hydrogens (primary N) is 1. The second kappa shape index (κ2) is 7.22. The largest absolute Gasteiger partial charge is 0.464 e. The maximum Gasteiger partial charge on any atom is 0.336 e. The summed E-state index contributed by atoms with van der Waals surface area (Å²) in [4.78, 5) is 11.2. The normalized spacial score (nSPS) is 13.4. The Balaban J connectivity index is 0.00000225. The van der Waals surface area contributed by atoms with Crippen molar-refractivity contribution in [1.82, 2.24) is 0 Å². The molecule has 0 aliphatic heterocycles. The van der Waals surface area contributed by atoms with Crippen LogP contribution >= 0.6 is 12.4 Å². The first-order chi connectivity index (χ1) is 7.16. The Bertz CT molecular complexity index is 318. The van der Waals surface area contributed by atoms with Crippen LogP contribution in [-0.4, -0.2) is 23.8 Å². The summed E-state index contributed by atoms with van der Waals surface area (Å²) < 4.78 is 4.68. The third-order valence-corrected chi connectivity index (χ3v) is 2.05. The van der Waals surface area contributed by atoms with Crippen LogP contribution in [0.3, 0.4) is 0 Å². The first kappa shape index (κ1) is 14.9. The zero-order valence-corrected chi connectivity index (χ0v) is 9.81. The first-order valence-electron chi connectivity index (χ1n) is 4.82.